The summed E-state index contributed by atoms with van der Waals surface area (Å²) in [5.74, 6) is -0.396. The molecular formula is C13H24N2O3. The molecule has 5 heteroatoms. The predicted octanol–water partition coefficient (Wildman–Crippen LogP) is -0.110. The fourth-order valence-corrected chi connectivity index (χ4v) is 3.40. The minimum Gasteiger partial charge on any atom is -0.391 e. The lowest BCUT2D eigenvalue weighted by atomic mass is 9.86. The monoisotopic (exact) mass is 256 g/mol. The highest BCUT2D eigenvalue weighted by Crippen LogP contribution is 2.38. The fraction of sp³-hybridized carbons (Fsp3) is 1.00. The molecule has 0 amide bonds. The molecule has 3 rings (SSSR count). The summed E-state index contributed by atoms with van der Waals surface area (Å²) in [4.78, 5) is 4.75. The number of rotatable bonds is 1. The SMILES string of the molecule is CN1CCN(C2CC3(CCC2O)OCCO3)CC1. The van der Waals surface area contributed by atoms with Gasteiger partial charge in [-0.25, -0.2) is 0 Å². The van der Waals surface area contributed by atoms with E-state index in [1.54, 1.807) is 0 Å². The van der Waals surface area contributed by atoms with Crippen molar-refractivity contribution >= 4 is 0 Å². The minimum atomic E-state index is -0.396. The number of ether oxygens (including phenoxy) is 2. The Morgan fingerprint density at radius 2 is 1.78 bits per heavy atom. The smallest absolute Gasteiger partial charge is 0.170 e. The van der Waals surface area contributed by atoms with Crippen molar-refractivity contribution in [1.82, 2.24) is 9.80 Å². The van der Waals surface area contributed by atoms with E-state index >= 15 is 0 Å². The third kappa shape index (κ3) is 2.42. The maximum Gasteiger partial charge on any atom is 0.170 e. The molecule has 1 aliphatic carbocycles. The molecule has 2 unspecified atom stereocenters. The van der Waals surface area contributed by atoms with Crippen LogP contribution in [0.1, 0.15) is 19.3 Å². The summed E-state index contributed by atoms with van der Waals surface area (Å²) in [5.41, 5.74) is 0. The van der Waals surface area contributed by atoms with Gasteiger partial charge in [0.15, 0.2) is 5.79 Å². The van der Waals surface area contributed by atoms with Crippen LogP contribution in [0, 0.1) is 0 Å². The van der Waals surface area contributed by atoms with E-state index in [4.69, 9.17) is 9.47 Å². The van der Waals surface area contributed by atoms with Gasteiger partial charge < -0.3 is 19.5 Å². The van der Waals surface area contributed by atoms with Crippen molar-refractivity contribution in [3.8, 4) is 0 Å². The normalized spacial score (nSPS) is 38.3. The number of hydrogen-bond acceptors (Lipinski definition) is 5. The Labute approximate surface area is 109 Å². The van der Waals surface area contributed by atoms with Gasteiger partial charge in [-0.05, 0) is 13.5 Å². The second-order valence-corrected chi connectivity index (χ2v) is 5.82. The van der Waals surface area contributed by atoms with Gasteiger partial charge in [0.2, 0.25) is 0 Å². The molecule has 1 spiro atoms. The highest BCUT2D eigenvalue weighted by atomic mass is 16.7. The molecule has 2 aliphatic heterocycles. The summed E-state index contributed by atoms with van der Waals surface area (Å²) in [6, 6.07) is 0.200. The molecule has 2 saturated heterocycles. The third-order valence-electron chi connectivity index (χ3n) is 4.61. The Balaban J connectivity index is 1.65. The summed E-state index contributed by atoms with van der Waals surface area (Å²) in [7, 11) is 2.15. The van der Waals surface area contributed by atoms with Crippen LogP contribution in [0.15, 0.2) is 0 Å². The molecule has 2 heterocycles. The second-order valence-electron chi connectivity index (χ2n) is 5.82. The van der Waals surface area contributed by atoms with Crippen LogP contribution in [0.25, 0.3) is 0 Å². The highest BCUT2D eigenvalue weighted by molar-refractivity contribution is 4.94. The van der Waals surface area contributed by atoms with Crippen molar-refractivity contribution in [1.29, 1.82) is 0 Å². The molecule has 3 aliphatic rings. The van der Waals surface area contributed by atoms with Gasteiger partial charge in [0.1, 0.15) is 0 Å². The summed E-state index contributed by atoms with van der Waals surface area (Å²) < 4.78 is 11.6. The van der Waals surface area contributed by atoms with E-state index in [-0.39, 0.29) is 12.1 Å². The quantitative estimate of drug-likeness (QED) is 0.709. The van der Waals surface area contributed by atoms with Gasteiger partial charge in [0.05, 0.1) is 19.3 Å². The van der Waals surface area contributed by atoms with E-state index < -0.39 is 5.79 Å². The van der Waals surface area contributed by atoms with Gasteiger partial charge in [0.25, 0.3) is 0 Å². The first-order valence-electron chi connectivity index (χ1n) is 7.07. The topological polar surface area (TPSA) is 45.2 Å². The molecule has 1 saturated carbocycles. The van der Waals surface area contributed by atoms with Crippen molar-refractivity contribution in [2.75, 3.05) is 46.4 Å². The van der Waals surface area contributed by atoms with Gasteiger partial charge in [0, 0.05) is 45.1 Å². The molecule has 0 radical (unpaired) electrons. The van der Waals surface area contributed by atoms with E-state index in [0.29, 0.717) is 13.2 Å². The average Bonchev–Trinajstić information content (AvgIpc) is 2.82. The predicted molar refractivity (Wildman–Crippen MR) is 67.4 cm³/mol. The van der Waals surface area contributed by atoms with Crippen molar-refractivity contribution in [3.63, 3.8) is 0 Å². The molecular weight excluding hydrogens is 232 g/mol. The molecule has 0 aromatic rings. The standard InChI is InChI=1S/C13H24N2O3/c1-14-4-6-15(7-5-14)11-10-13(3-2-12(11)16)17-8-9-18-13/h11-12,16H,2-10H2,1H3. The lowest BCUT2D eigenvalue weighted by Gasteiger charge is -2.46. The van der Waals surface area contributed by atoms with E-state index in [1.165, 1.54) is 0 Å². The summed E-state index contributed by atoms with van der Waals surface area (Å²) >= 11 is 0. The third-order valence-corrected chi connectivity index (χ3v) is 4.61. The summed E-state index contributed by atoms with van der Waals surface area (Å²) in [6.07, 6.45) is 2.21. The van der Waals surface area contributed by atoms with Crippen LogP contribution < -0.4 is 0 Å². The molecule has 1 N–H and O–H groups in total. The molecule has 18 heavy (non-hydrogen) atoms. The van der Waals surface area contributed by atoms with Crippen LogP contribution in [0.3, 0.4) is 0 Å². The Morgan fingerprint density at radius 1 is 1.11 bits per heavy atom. The van der Waals surface area contributed by atoms with Gasteiger partial charge >= 0.3 is 0 Å². The first-order chi connectivity index (χ1) is 8.69. The number of hydrogen-bond donors (Lipinski definition) is 1. The molecule has 0 bridgehead atoms. The van der Waals surface area contributed by atoms with Crippen LogP contribution in [-0.4, -0.2) is 79.3 Å². The summed E-state index contributed by atoms with van der Waals surface area (Å²) in [5, 5.41) is 10.3. The zero-order valence-corrected chi connectivity index (χ0v) is 11.2. The molecule has 0 aromatic heterocycles. The van der Waals surface area contributed by atoms with Crippen LogP contribution in [0.4, 0.5) is 0 Å². The van der Waals surface area contributed by atoms with E-state index in [1.807, 2.05) is 0 Å². The number of nitrogens with zero attached hydrogens (tertiary/aromatic N) is 2. The first kappa shape index (κ1) is 12.8. The first-order valence-corrected chi connectivity index (χ1v) is 7.07. The maximum absolute atomic E-state index is 10.3. The van der Waals surface area contributed by atoms with Crippen molar-refractivity contribution < 1.29 is 14.6 Å². The number of aliphatic hydroxyl groups is 1. The van der Waals surface area contributed by atoms with E-state index in [2.05, 4.69) is 16.8 Å². The van der Waals surface area contributed by atoms with E-state index in [9.17, 15) is 5.11 Å². The molecule has 2 atom stereocenters. The van der Waals surface area contributed by atoms with Gasteiger partial charge in [-0.3, -0.25) is 4.90 Å². The van der Waals surface area contributed by atoms with Gasteiger partial charge in [-0.15, -0.1) is 0 Å². The second kappa shape index (κ2) is 5.06. The Morgan fingerprint density at radius 3 is 2.44 bits per heavy atom. The number of piperazine rings is 1. The zero-order chi connectivity index (χ0) is 12.6. The van der Waals surface area contributed by atoms with Crippen molar-refractivity contribution in [3.05, 3.63) is 0 Å². The number of likely N-dealkylation sites (N-methyl/N-ethyl adjacent to an activating group) is 1. The summed E-state index contributed by atoms with van der Waals surface area (Å²) in [6.45, 7) is 5.63. The van der Waals surface area contributed by atoms with Gasteiger partial charge in [-0.1, -0.05) is 0 Å². The van der Waals surface area contributed by atoms with Crippen molar-refractivity contribution in [2.45, 2.75) is 37.2 Å². The van der Waals surface area contributed by atoms with E-state index in [0.717, 1.165) is 45.4 Å². The largest absolute Gasteiger partial charge is 0.391 e. The Kier molecular flexibility index (Phi) is 3.60. The maximum atomic E-state index is 10.3. The fourth-order valence-electron chi connectivity index (χ4n) is 3.40. The van der Waals surface area contributed by atoms with Crippen LogP contribution >= 0.6 is 0 Å². The Hall–Kier alpha value is -0.200. The van der Waals surface area contributed by atoms with Crippen LogP contribution in [0.2, 0.25) is 0 Å². The lowest BCUT2D eigenvalue weighted by Crippen LogP contribution is -2.57. The van der Waals surface area contributed by atoms with Crippen LogP contribution in [0.5, 0.6) is 0 Å². The average molecular weight is 256 g/mol. The lowest BCUT2D eigenvalue weighted by molar-refractivity contribution is -0.206. The molecule has 3 fully saturated rings. The zero-order valence-electron chi connectivity index (χ0n) is 11.2. The molecule has 104 valence electrons. The number of aliphatic hydroxyl groups excluding tert-OH is 1. The van der Waals surface area contributed by atoms with Crippen molar-refractivity contribution in [2.24, 2.45) is 0 Å². The Bertz CT molecular complexity index is 286. The minimum absolute atomic E-state index is 0.200. The van der Waals surface area contributed by atoms with Gasteiger partial charge in [-0.2, -0.15) is 0 Å². The molecule has 5 nitrogen and oxygen atoms in total. The van der Waals surface area contributed by atoms with Crippen LogP contribution in [-0.2, 0) is 9.47 Å². The highest BCUT2D eigenvalue weighted by Gasteiger charge is 2.46. The molecule has 0 aromatic carbocycles.